The molecule has 0 unspecified atom stereocenters. The van der Waals surface area contributed by atoms with Crippen molar-refractivity contribution < 1.29 is 4.43 Å². The van der Waals surface area contributed by atoms with Gasteiger partial charge in [-0.3, -0.25) is 4.99 Å². The second-order valence-corrected chi connectivity index (χ2v) is 7.19. The molecular formula is C14H19N3OSi. The average Bonchev–Trinajstić information content (AvgIpc) is 2.75. The van der Waals surface area contributed by atoms with E-state index >= 15 is 0 Å². The maximum Gasteiger partial charge on any atom is 0.229 e. The van der Waals surface area contributed by atoms with E-state index < -0.39 is 9.04 Å². The zero-order valence-corrected chi connectivity index (χ0v) is 12.9. The first-order chi connectivity index (χ1) is 9.04. The minimum Gasteiger partial charge on any atom is -0.546 e. The van der Waals surface area contributed by atoms with E-state index in [0.29, 0.717) is 0 Å². The van der Waals surface area contributed by atoms with Crippen molar-refractivity contribution in [1.82, 2.24) is 9.55 Å². The predicted octanol–water partition coefficient (Wildman–Crippen LogP) is 2.84. The molecule has 1 heterocycles. The molecule has 2 rings (SSSR count). The molecule has 1 aromatic carbocycles. The fourth-order valence-corrected chi connectivity index (χ4v) is 2.42. The molecule has 0 fully saturated rings. The number of benzene rings is 1. The van der Waals surface area contributed by atoms with Crippen molar-refractivity contribution in [1.29, 1.82) is 0 Å². The maximum absolute atomic E-state index is 5.89. The zero-order valence-electron chi connectivity index (χ0n) is 11.8. The lowest BCUT2D eigenvalue weighted by molar-refractivity contribution is 0.582. The first kappa shape index (κ1) is 13.5. The van der Waals surface area contributed by atoms with Crippen LogP contribution in [0.15, 0.2) is 35.7 Å². The van der Waals surface area contributed by atoms with Crippen LogP contribution in [0.1, 0.15) is 11.3 Å². The Morgan fingerprint density at radius 3 is 2.79 bits per heavy atom. The summed E-state index contributed by atoms with van der Waals surface area (Å²) in [6, 6.07) is 6.07. The summed E-state index contributed by atoms with van der Waals surface area (Å²) < 4.78 is 7.79. The van der Waals surface area contributed by atoms with Gasteiger partial charge in [-0.05, 0) is 37.7 Å². The van der Waals surface area contributed by atoms with Crippen LogP contribution in [-0.4, -0.2) is 24.8 Å². The molecule has 0 atom stereocenters. The first-order valence-electron chi connectivity index (χ1n) is 6.34. The highest BCUT2D eigenvalue weighted by molar-refractivity contribution is 6.49. The Labute approximate surface area is 115 Å². The van der Waals surface area contributed by atoms with Crippen LogP contribution in [0.4, 0.5) is 5.69 Å². The zero-order chi connectivity index (χ0) is 13.8. The van der Waals surface area contributed by atoms with Crippen LogP contribution in [0, 0.1) is 6.92 Å². The lowest BCUT2D eigenvalue weighted by atomic mass is 10.2. The van der Waals surface area contributed by atoms with Gasteiger partial charge in [-0.2, -0.15) is 0 Å². The third kappa shape index (κ3) is 3.79. The third-order valence-corrected chi connectivity index (χ3v) is 3.26. The minimum atomic E-state index is -1.13. The molecule has 5 heteroatoms. The van der Waals surface area contributed by atoms with Crippen molar-refractivity contribution in [3.63, 3.8) is 0 Å². The molecule has 0 bridgehead atoms. The molecular weight excluding hydrogens is 254 g/mol. The molecule has 0 aliphatic heterocycles. The molecule has 0 aliphatic carbocycles. The van der Waals surface area contributed by atoms with Crippen molar-refractivity contribution in [3.05, 3.63) is 42.0 Å². The SMILES string of the molecule is Cc1ccc(O[SiH](C)C)c(N=Cc2cn(C)cn2)c1. The Hall–Kier alpha value is -1.88. The molecule has 0 aliphatic rings. The molecule has 0 saturated carbocycles. The van der Waals surface area contributed by atoms with Crippen LogP contribution >= 0.6 is 0 Å². The molecule has 0 radical (unpaired) electrons. The van der Waals surface area contributed by atoms with Gasteiger partial charge < -0.3 is 8.99 Å². The van der Waals surface area contributed by atoms with Gasteiger partial charge in [0.15, 0.2) is 0 Å². The molecule has 0 amide bonds. The van der Waals surface area contributed by atoms with Crippen LogP contribution in [0.2, 0.25) is 13.1 Å². The van der Waals surface area contributed by atoms with Gasteiger partial charge in [-0.25, -0.2) is 4.98 Å². The molecule has 19 heavy (non-hydrogen) atoms. The van der Waals surface area contributed by atoms with Crippen LogP contribution < -0.4 is 4.43 Å². The summed E-state index contributed by atoms with van der Waals surface area (Å²) in [6.07, 6.45) is 5.45. The number of hydrogen-bond acceptors (Lipinski definition) is 3. The normalized spacial score (nSPS) is 11.4. The highest BCUT2D eigenvalue weighted by Gasteiger charge is 2.05. The van der Waals surface area contributed by atoms with Gasteiger partial charge in [0.2, 0.25) is 9.04 Å². The summed E-state index contributed by atoms with van der Waals surface area (Å²) in [6.45, 7) is 6.34. The fraction of sp³-hybridized carbons (Fsp3) is 0.286. The number of imidazole rings is 1. The molecule has 0 saturated heterocycles. The summed E-state index contributed by atoms with van der Waals surface area (Å²) in [5.41, 5.74) is 2.88. The van der Waals surface area contributed by atoms with Crippen LogP contribution in [-0.2, 0) is 7.05 Å². The van der Waals surface area contributed by atoms with Gasteiger partial charge in [0.1, 0.15) is 11.4 Å². The number of aliphatic imine (C=N–C) groups is 1. The second-order valence-electron chi connectivity index (χ2n) is 4.86. The van der Waals surface area contributed by atoms with E-state index in [2.05, 4.69) is 30.0 Å². The van der Waals surface area contributed by atoms with Gasteiger partial charge in [-0.15, -0.1) is 0 Å². The largest absolute Gasteiger partial charge is 0.546 e. The number of nitrogens with zero attached hydrogens (tertiary/aromatic N) is 3. The van der Waals surface area contributed by atoms with E-state index in [9.17, 15) is 0 Å². The predicted molar refractivity (Wildman–Crippen MR) is 81.1 cm³/mol. The van der Waals surface area contributed by atoms with E-state index in [0.717, 1.165) is 17.1 Å². The van der Waals surface area contributed by atoms with Gasteiger partial charge in [0.05, 0.1) is 18.2 Å². The molecule has 2 aromatic rings. The number of hydrogen-bond donors (Lipinski definition) is 0. The molecule has 4 nitrogen and oxygen atoms in total. The summed E-state index contributed by atoms with van der Waals surface area (Å²) in [4.78, 5) is 8.73. The van der Waals surface area contributed by atoms with E-state index in [1.165, 1.54) is 5.56 Å². The maximum atomic E-state index is 5.89. The number of aryl methyl sites for hydroxylation is 2. The van der Waals surface area contributed by atoms with Crippen molar-refractivity contribution in [2.24, 2.45) is 12.0 Å². The van der Waals surface area contributed by atoms with Gasteiger partial charge >= 0.3 is 0 Å². The van der Waals surface area contributed by atoms with Gasteiger partial charge in [-0.1, -0.05) is 6.07 Å². The number of aromatic nitrogens is 2. The third-order valence-electron chi connectivity index (χ3n) is 2.54. The summed E-state index contributed by atoms with van der Waals surface area (Å²) >= 11 is 0. The minimum absolute atomic E-state index is 0.844. The van der Waals surface area contributed by atoms with Crippen molar-refractivity contribution >= 4 is 20.9 Å². The van der Waals surface area contributed by atoms with E-state index in [-0.39, 0.29) is 0 Å². The van der Waals surface area contributed by atoms with Crippen LogP contribution in [0.3, 0.4) is 0 Å². The quantitative estimate of drug-likeness (QED) is 0.635. The van der Waals surface area contributed by atoms with Crippen molar-refractivity contribution in [2.45, 2.75) is 20.0 Å². The molecule has 1 aromatic heterocycles. The van der Waals surface area contributed by atoms with Crippen LogP contribution in [0.5, 0.6) is 5.75 Å². The lowest BCUT2D eigenvalue weighted by Gasteiger charge is -2.12. The second kappa shape index (κ2) is 5.84. The van der Waals surface area contributed by atoms with E-state index in [4.69, 9.17) is 4.43 Å². The summed E-state index contributed by atoms with van der Waals surface area (Å²) in [5, 5.41) is 0. The van der Waals surface area contributed by atoms with Crippen LogP contribution in [0.25, 0.3) is 0 Å². The lowest BCUT2D eigenvalue weighted by Crippen LogP contribution is -2.11. The monoisotopic (exact) mass is 273 g/mol. The highest BCUT2D eigenvalue weighted by atomic mass is 28.3. The van der Waals surface area contributed by atoms with Gasteiger partial charge in [0, 0.05) is 13.2 Å². The first-order valence-corrected chi connectivity index (χ1v) is 9.12. The van der Waals surface area contributed by atoms with Crippen molar-refractivity contribution in [3.8, 4) is 5.75 Å². The Morgan fingerprint density at radius 2 is 2.16 bits per heavy atom. The molecule has 0 spiro atoms. The smallest absolute Gasteiger partial charge is 0.229 e. The van der Waals surface area contributed by atoms with Crippen molar-refractivity contribution in [2.75, 3.05) is 0 Å². The summed E-state index contributed by atoms with van der Waals surface area (Å²) in [5.74, 6) is 0.861. The Kier molecular flexibility index (Phi) is 4.16. The Bertz CT molecular complexity index is 590. The number of rotatable bonds is 4. The average molecular weight is 273 g/mol. The van der Waals surface area contributed by atoms with Gasteiger partial charge in [0.25, 0.3) is 0 Å². The highest BCUT2D eigenvalue weighted by Crippen LogP contribution is 2.28. The molecule has 0 N–H and O–H groups in total. The fourth-order valence-electron chi connectivity index (χ4n) is 1.72. The Morgan fingerprint density at radius 1 is 1.37 bits per heavy atom. The molecule has 100 valence electrons. The topological polar surface area (TPSA) is 39.4 Å². The van der Waals surface area contributed by atoms with E-state index in [1.54, 1.807) is 12.5 Å². The summed E-state index contributed by atoms with van der Waals surface area (Å²) in [7, 11) is 0.811. The Balaban J connectivity index is 2.27. The standard InChI is InChI=1S/C14H19N3OSi/c1-11-5-6-14(18-19(3)4)13(7-11)15-8-12-9-17(2)10-16-12/h5-10,19H,1-4H3. The van der Waals surface area contributed by atoms with E-state index in [1.807, 2.05) is 36.0 Å².